The van der Waals surface area contributed by atoms with E-state index in [1.165, 1.54) is 0 Å². The maximum absolute atomic E-state index is 12.9. The summed E-state index contributed by atoms with van der Waals surface area (Å²) < 4.78 is 27.3. The number of sulfonamides is 1. The molecule has 1 aliphatic rings. The molecule has 1 saturated heterocycles. The van der Waals surface area contributed by atoms with Crippen LogP contribution in [0.5, 0.6) is 0 Å². The minimum absolute atomic E-state index is 0. The van der Waals surface area contributed by atoms with E-state index in [2.05, 4.69) is 6.92 Å². The molecule has 2 rings (SSSR count). The average molecular weight is 353 g/mol. The number of hydrogen-bond donors (Lipinski definition) is 1. The van der Waals surface area contributed by atoms with Gasteiger partial charge in [0.05, 0.1) is 4.90 Å². The van der Waals surface area contributed by atoms with Gasteiger partial charge in [-0.3, -0.25) is 0 Å². The first-order chi connectivity index (χ1) is 9.39. The van der Waals surface area contributed by atoms with Crippen LogP contribution in [0.4, 0.5) is 0 Å². The van der Waals surface area contributed by atoms with Crippen molar-refractivity contribution in [3.63, 3.8) is 0 Å². The molecule has 1 fully saturated rings. The molecule has 7 heteroatoms. The molecule has 1 aromatic carbocycles. The molecule has 0 saturated carbocycles. The van der Waals surface area contributed by atoms with E-state index in [4.69, 9.17) is 17.3 Å². The largest absolute Gasteiger partial charge is 0.329 e. The van der Waals surface area contributed by atoms with E-state index in [0.29, 0.717) is 23.7 Å². The summed E-state index contributed by atoms with van der Waals surface area (Å²) in [7, 11) is -3.54. The SMILES string of the molecule is Cc1c(Cl)cccc1S(=O)(=O)N1CCCC(C)C1CN.Cl. The maximum atomic E-state index is 12.9. The molecule has 0 aliphatic carbocycles. The second kappa shape index (κ2) is 7.29. The van der Waals surface area contributed by atoms with Crippen LogP contribution < -0.4 is 5.73 Å². The maximum Gasteiger partial charge on any atom is 0.243 e. The fourth-order valence-corrected chi connectivity index (χ4v) is 5.10. The van der Waals surface area contributed by atoms with Crippen LogP contribution in [0.3, 0.4) is 0 Å². The lowest BCUT2D eigenvalue weighted by atomic mass is 9.93. The molecule has 0 amide bonds. The zero-order valence-corrected chi connectivity index (χ0v) is 14.6. The second-order valence-corrected chi connectivity index (χ2v) is 7.67. The quantitative estimate of drug-likeness (QED) is 0.909. The Morgan fingerprint density at radius 1 is 1.43 bits per heavy atom. The van der Waals surface area contributed by atoms with Gasteiger partial charge in [0.25, 0.3) is 0 Å². The molecule has 0 radical (unpaired) electrons. The Morgan fingerprint density at radius 3 is 2.71 bits per heavy atom. The molecule has 2 atom stereocenters. The lowest BCUT2D eigenvalue weighted by Crippen LogP contribution is -2.51. The van der Waals surface area contributed by atoms with Crippen LogP contribution in [0.15, 0.2) is 23.1 Å². The molecule has 120 valence electrons. The van der Waals surface area contributed by atoms with Gasteiger partial charge in [0.15, 0.2) is 0 Å². The molecule has 1 aromatic rings. The second-order valence-electron chi connectivity index (χ2n) is 5.40. The molecule has 2 unspecified atom stereocenters. The van der Waals surface area contributed by atoms with Gasteiger partial charge in [-0.15, -0.1) is 12.4 Å². The Morgan fingerprint density at radius 2 is 2.10 bits per heavy atom. The van der Waals surface area contributed by atoms with E-state index in [1.807, 2.05) is 0 Å². The van der Waals surface area contributed by atoms with E-state index in [0.717, 1.165) is 12.8 Å². The molecule has 0 bridgehead atoms. The normalized spacial score (nSPS) is 23.6. The standard InChI is InChI=1S/C14H21ClN2O2S.ClH/c1-10-5-4-8-17(13(10)9-16)20(18,19)14-7-3-6-12(15)11(14)2;/h3,6-7,10,13H,4-5,8-9,16H2,1-2H3;1H. The Balaban J connectivity index is 0.00000220. The summed E-state index contributed by atoms with van der Waals surface area (Å²) in [6.07, 6.45) is 1.89. The average Bonchev–Trinajstić information content (AvgIpc) is 2.41. The van der Waals surface area contributed by atoms with Gasteiger partial charge in [0.2, 0.25) is 10.0 Å². The van der Waals surface area contributed by atoms with Crippen molar-refractivity contribution in [2.24, 2.45) is 11.7 Å². The number of nitrogens with two attached hydrogens (primary N) is 1. The Labute approximate surface area is 138 Å². The fraction of sp³-hybridized carbons (Fsp3) is 0.571. The highest BCUT2D eigenvalue weighted by molar-refractivity contribution is 7.89. The van der Waals surface area contributed by atoms with Crippen LogP contribution in [-0.2, 0) is 10.0 Å². The van der Waals surface area contributed by atoms with Gasteiger partial charge in [0.1, 0.15) is 0 Å². The predicted octanol–water partition coefficient (Wildman–Crippen LogP) is 2.82. The van der Waals surface area contributed by atoms with Crippen LogP contribution in [0.1, 0.15) is 25.3 Å². The Kier molecular flexibility index (Phi) is 6.50. The molecule has 21 heavy (non-hydrogen) atoms. The first-order valence-electron chi connectivity index (χ1n) is 6.86. The highest BCUT2D eigenvalue weighted by Crippen LogP contribution is 2.31. The number of halogens is 2. The predicted molar refractivity (Wildman–Crippen MR) is 88.6 cm³/mol. The van der Waals surface area contributed by atoms with Crippen molar-refractivity contribution < 1.29 is 8.42 Å². The van der Waals surface area contributed by atoms with Gasteiger partial charge >= 0.3 is 0 Å². The van der Waals surface area contributed by atoms with Crippen molar-refractivity contribution >= 4 is 34.0 Å². The van der Waals surface area contributed by atoms with Crippen molar-refractivity contribution in [3.05, 3.63) is 28.8 Å². The highest BCUT2D eigenvalue weighted by atomic mass is 35.5. The minimum Gasteiger partial charge on any atom is -0.329 e. The van der Waals surface area contributed by atoms with Gasteiger partial charge < -0.3 is 5.73 Å². The third-order valence-electron chi connectivity index (χ3n) is 4.11. The lowest BCUT2D eigenvalue weighted by molar-refractivity contribution is 0.192. The molecule has 1 aliphatic heterocycles. The fourth-order valence-electron chi connectivity index (χ4n) is 2.85. The van der Waals surface area contributed by atoms with Gasteiger partial charge in [-0.2, -0.15) is 4.31 Å². The van der Waals surface area contributed by atoms with Crippen molar-refractivity contribution in [2.45, 2.75) is 37.6 Å². The Hall–Kier alpha value is -0.330. The zero-order valence-electron chi connectivity index (χ0n) is 12.3. The van der Waals surface area contributed by atoms with Crippen molar-refractivity contribution in [2.75, 3.05) is 13.1 Å². The van der Waals surface area contributed by atoms with Gasteiger partial charge in [-0.1, -0.05) is 24.6 Å². The Bertz CT molecular complexity index is 593. The molecule has 1 heterocycles. The molecular formula is C14H22Cl2N2O2S. The topological polar surface area (TPSA) is 63.4 Å². The van der Waals surface area contributed by atoms with Crippen molar-refractivity contribution in [1.82, 2.24) is 4.31 Å². The first-order valence-corrected chi connectivity index (χ1v) is 8.68. The van der Waals surface area contributed by atoms with Crippen LogP contribution in [0, 0.1) is 12.8 Å². The number of piperidine rings is 1. The number of nitrogens with zero attached hydrogens (tertiary/aromatic N) is 1. The molecular weight excluding hydrogens is 331 g/mol. The van der Waals surface area contributed by atoms with E-state index < -0.39 is 10.0 Å². The summed E-state index contributed by atoms with van der Waals surface area (Å²) in [6, 6.07) is 4.86. The zero-order chi connectivity index (χ0) is 14.9. The summed E-state index contributed by atoms with van der Waals surface area (Å²) in [5.41, 5.74) is 6.39. The number of benzene rings is 1. The first kappa shape index (κ1) is 18.7. The highest BCUT2D eigenvalue weighted by Gasteiger charge is 2.37. The number of rotatable bonds is 3. The van der Waals surface area contributed by atoms with Crippen LogP contribution >= 0.6 is 24.0 Å². The minimum atomic E-state index is -3.54. The summed E-state index contributed by atoms with van der Waals surface area (Å²) in [5, 5.41) is 0.473. The monoisotopic (exact) mass is 352 g/mol. The van der Waals surface area contributed by atoms with Gasteiger partial charge in [0, 0.05) is 24.2 Å². The van der Waals surface area contributed by atoms with E-state index in [-0.39, 0.29) is 29.3 Å². The van der Waals surface area contributed by atoms with E-state index in [9.17, 15) is 8.42 Å². The van der Waals surface area contributed by atoms with Gasteiger partial charge in [-0.05, 0) is 43.4 Å². The van der Waals surface area contributed by atoms with Crippen molar-refractivity contribution in [1.29, 1.82) is 0 Å². The van der Waals surface area contributed by atoms with Crippen LogP contribution in [-0.4, -0.2) is 31.9 Å². The molecule has 0 spiro atoms. The van der Waals surface area contributed by atoms with Crippen LogP contribution in [0.25, 0.3) is 0 Å². The lowest BCUT2D eigenvalue weighted by Gasteiger charge is -2.38. The molecule has 4 nitrogen and oxygen atoms in total. The molecule has 2 N–H and O–H groups in total. The smallest absolute Gasteiger partial charge is 0.243 e. The van der Waals surface area contributed by atoms with Gasteiger partial charge in [-0.25, -0.2) is 8.42 Å². The third-order valence-corrected chi connectivity index (χ3v) is 6.59. The summed E-state index contributed by atoms with van der Waals surface area (Å²) in [5.74, 6) is 0.281. The van der Waals surface area contributed by atoms with E-state index in [1.54, 1.807) is 29.4 Å². The summed E-state index contributed by atoms with van der Waals surface area (Å²) >= 11 is 6.05. The van der Waals surface area contributed by atoms with Crippen LogP contribution in [0.2, 0.25) is 5.02 Å². The summed E-state index contributed by atoms with van der Waals surface area (Å²) in [6.45, 7) is 4.67. The van der Waals surface area contributed by atoms with Crippen molar-refractivity contribution in [3.8, 4) is 0 Å². The van der Waals surface area contributed by atoms with E-state index >= 15 is 0 Å². The molecule has 0 aromatic heterocycles. The number of hydrogen-bond acceptors (Lipinski definition) is 3. The third kappa shape index (κ3) is 3.54. The summed E-state index contributed by atoms with van der Waals surface area (Å²) in [4.78, 5) is 0.289.